The summed E-state index contributed by atoms with van der Waals surface area (Å²) in [6.45, 7) is 0.580. The fourth-order valence-corrected chi connectivity index (χ4v) is 1.39. The lowest BCUT2D eigenvalue weighted by Crippen LogP contribution is -2.18. The third-order valence-electron chi connectivity index (χ3n) is 2.26. The number of ether oxygens (including phenoxy) is 1. The zero-order valence-electron chi connectivity index (χ0n) is 9.70. The molecule has 5 nitrogen and oxygen atoms in total. The summed E-state index contributed by atoms with van der Waals surface area (Å²) in [7, 11) is 0. The molecule has 0 bridgehead atoms. The quantitative estimate of drug-likeness (QED) is 0.798. The van der Waals surface area contributed by atoms with E-state index in [0.29, 0.717) is 18.7 Å². The standard InChI is InChI=1S/C10H13F3N2O3/c1-7-8(9(16)17)5-14-15(7)3-2-4-18-6-10(11,12)13/h5H,2-4,6H2,1H3,(H,16,17). The Morgan fingerprint density at radius 2 is 2.22 bits per heavy atom. The lowest BCUT2D eigenvalue weighted by molar-refractivity contribution is -0.174. The van der Waals surface area contributed by atoms with E-state index < -0.39 is 18.8 Å². The van der Waals surface area contributed by atoms with Crippen molar-refractivity contribution < 1.29 is 27.8 Å². The number of carboxylic acid groups (broad SMARTS) is 1. The molecule has 0 radical (unpaired) electrons. The minimum Gasteiger partial charge on any atom is -0.478 e. The second-order valence-corrected chi connectivity index (χ2v) is 3.69. The van der Waals surface area contributed by atoms with Gasteiger partial charge in [0.2, 0.25) is 0 Å². The van der Waals surface area contributed by atoms with Gasteiger partial charge >= 0.3 is 12.1 Å². The Kier molecular flexibility index (Phi) is 4.71. The van der Waals surface area contributed by atoms with E-state index in [0.717, 1.165) is 0 Å². The maximum Gasteiger partial charge on any atom is 0.411 e. The van der Waals surface area contributed by atoms with E-state index in [1.807, 2.05) is 0 Å². The predicted octanol–water partition coefficient (Wildman–Crippen LogP) is 1.86. The Morgan fingerprint density at radius 3 is 2.72 bits per heavy atom. The summed E-state index contributed by atoms with van der Waals surface area (Å²) < 4.78 is 41.1. The number of hydrogen-bond acceptors (Lipinski definition) is 3. The van der Waals surface area contributed by atoms with Gasteiger partial charge in [0.15, 0.2) is 0 Å². The van der Waals surface area contributed by atoms with E-state index >= 15 is 0 Å². The van der Waals surface area contributed by atoms with Crippen molar-refractivity contribution in [2.45, 2.75) is 26.1 Å². The van der Waals surface area contributed by atoms with Gasteiger partial charge in [0, 0.05) is 18.8 Å². The second-order valence-electron chi connectivity index (χ2n) is 3.69. The highest BCUT2D eigenvalue weighted by molar-refractivity contribution is 5.88. The van der Waals surface area contributed by atoms with Crippen LogP contribution in [0.5, 0.6) is 0 Å². The predicted molar refractivity (Wildman–Crippen MR) is 55.4 cm³/mol. The van der Waals surface area contributed by atoms with Gasteiger partial charge < -0.3 is 9.84 Å². The van der Waals surface area contributed by atoms with Crippen molar-refractivity contribution in [2.75, 3.05) is 13.2 Å². The first kappa shape index (κ1) is 14.5. The molecule has 1 N–H and O–H groups in total. The van der Waals surface area contributed by atoms with Crippen molar-refractivity contribution in [3.8, 4) is 0 Å². The number of aromatic nitrogens is 2. The third-order valence-corrected chi connectivity index (χ3v) is 2.26. The number of hydrogen-bond donors (Lipinski definition) is 1. The van der Waals surface area contributed by atoms with Crippen LogP contribution in [-0.4, -0.2) is 40.2 Å². The molecule has 0 unspecified atom stereocenters. The smallest absolute Gasteiger partial charge is 0.411 e. The monoisotopic (exact) mass is 266 g/mol. The Bertz CT molecular complexity index is 415. The first-order valence-corrected chi connectivity index (χ1v) is 5.21. The van der Waals surface area contributed by atoms with E-state index in [1.165, 1.54) is 10.9 Å². The summed E-state index contributed by atoms with van der Waals surface area (Å²) in [6, 6.07) is 0. The van der Waals surface area contributed by atoms with Crippen molar-refractivity contribution in [2.24, 2.45) is 0 Å². The average Bonchev–Trinajstić information content (AvgIpc) is 2.58. The summed E-state index contributed by atoms with van der Waals surface area (Å²) in [4.78, 5) is 10.7. The van der Waals surface area contributed by atoms with Gasteiger partial charge in [-0.3, -0.25) is 4.68 Å². The zero-order valence-corrected chi connectivity index (χ0v) is 9.70. The summed E-state index contributed by atoms with van der Waals surface area (Å²) >= 11 is 0. The Balaban J connectivity index is 2.34. The molecule has 0 saturated heterocycles. The molecule has 8 heteroatoms. The van der Waals surface area contributed by atoms with Gasteiger partial charge in [-0.05, 0) is 13.3 Å². The number of aryl methyl sites for hydroxylation is 1. The topological polar surface area (TPSA) is 64.3 Å². The molecule has 18 heavy (non-hydrogen) atoms. The molecular formula is C10H13F3N2O3. The second kappa shape index (κ2) is 5.85. The van der Waals surface area contributed by atoms with Crippen LogP contribution in [0.2, 0.25) is 0 Å². The highest BCUT2D eigenvalue weighted by atomic mass is 19.4. The Labute approximate surface area is 101 Å². The number of carboxylic acids is 1. The van der Waals surface area contributed by atoms with Crippen LogP contribution in [-0.2, 0) is 11.3 Å². The highest BCUT2D eigenvalue weighted by Gasteiger charge is 2.27. The SMILES string of the molecule is Cc1c(C(=O)O)cnn1CCCOCC(F)(F)F. The van der Waals surface area contributed by atoms with Crippen molar-refractivity contribution in [1.82, 2.24) is 9.78 Å². The number of alkyl halides is 3. The molecule has 1 aromatic rings. The normalized spacial score (nSPS) is 11.8. The van der Waals surface area contributed by atoms with Gasteiger partial charge in [-0.1, -0.05) is 0 Å². The molecule has 0 amide bonds. The van der Waals surface area contributed by atoms with Crippen molar-refractivity contribution >= 4 is 5.97 Å². The number of carbonyl (C=O) groups is 1. The van der Waals surface area contributed by atoms with Crippen LogP contribution in [0.15, 0.2) is 6.20 Å². The molecule has 0 fully saturated rings. The third kappa shape index (κ3) is 4.36. The van der Waals surface area contributed by atoms with Gasteiger partial charge in [-0.2, -0.15) is 18.3 Å². The molecule has 0 aliphatic heterocycles. The van der Waals surface area contributed by atoms with E-state index in [4.69, 9.17) is 5.11 Å². The molecule has 0 aliphatic carbocycles. The van der Waals surface area contributed by atoms with Crippen molar-refractivity contribution in [1.29, 1.82) is 0 Å². The number of halogens is 3. The molecule has 0 spiro atoms. The first-order valence-electron chi connectivity index (χ1n) is 5.21. The number of rotatable bonds is 6. The Hall–Kier alpha value is -1.57. The average molecular weight is 266 g/mol. The van der Waals surface area contributed by atoms with Crippen LogP contribution in [0.1, 0.15) is 22.5 Å². The molecule has 1 aromatic heterocycles. The number of aromatic carboxylic acids is 1. The van der Waals surface area contributed by atoms with E-state index in [9.17, 15) is 18.0 Å². The largest absolute Gasteiger partial charge is 0.478 e. The van der Waals surface area contributed by atoms with E-state index in [-0.39, 0.29) is 12.2 Å². The minimum absolute atomic E-state index is 0.0544. The maximum absolute atomic E-state index is 11.8. The van der Waals surface area contributed by atoms with Crippen LogP contribution >= 0.6 is 0 Å². The van der Waals surface area contributed by atoms with Crippen LogP contribution < -0.4 is 0 Å². The van der Waals surface area contributed by atoms with Crippen LogP contribution in [0, 0.1) is 6.92 Å². The molecule has 0 aliphatic rings. The number of nitrogens with zero attached hydrogens (tertiary/aromatic N) is 2. The molecule has 0 aromatic carbocycles. The van der Waals surface area contributed by atoms with Gasteiger partial charge in [-0.25, -0.2) is 4.79 Å². The lowest BCUT2D eigenvalue weighted by Gasteiger charge is -2.08. The highest BCUT2D eigenvalue weighted by Crippen LogP contribution is 2.14. The van der Waals surface area contributed by atoms with Crippen LogP contribution in [0.4, 0.5) is 13.2 Å². The van der Waals surface area contributed by atoms with Gasteiger partial charge in [0.25, 0.3) is 0 Å². The molecule has 0 atom stereocenters. The molecular weight excluding hydrogens is 253 g/mol. The fraction of sp³-hybridized carbons (Fsp3) is 0.600. The molecule has 102 valence electrons. The fourth-order valence-electron chi connectivity index (χ4n) is 1.39. The zero-order chi connectivity index (χ0) is 13.8. The first-order chi connectivity index (χ1) is 8.31. The lowest BCUT2D eigenvalue weighted by atomic mass is 10.2. The summed E-state index contributed by atoms with van der Waals surface area (Å²) in [6.07, 6.45) is -2.77. The van der Waals surface area contributed by atoms with Crippen molar-refractivity contribution in [3.05, 3.63) is 17.5 Å². The maximum atomic E-state index is 11.8. The van der Waals surface area contributed by atoms with Gasteiger partial charge in [-0.15, -0.1) is 0 Å². The van der Waals surface area contributed by atoms with Crippen LogP contribution in [0.3, 0.4) is 0 Å². The van der Waals surface area contributed by atoms with E-state index in [2.05, 4.69) is 9.84 Å². The van der Waals surface area contributed by atoms with Gasteiger partial charge in [0.1, 0.15) is 12.2 Å². The molecule has 0 saturated carbocycles. The Morgan fingerprint density at radius 1 is 1.56 bits per heavy atom. The van der Waals surface area contributed by atoms with E-state index in [1.54, 1.807) is 6.92 Å². The van der Waals surface area contributed by atoms with Crippen LogP contribution in [0.25, 0.3) is 0 Å². The molecule has 1 heterocycles. The van der Waals surface area contributed by atoms with Crippen molar-refractivity contribution in [3.63, 3.8) is 0 Å². The summed E-state index contributed by atoms with van der Waals surface area (Å²) in [5.74, 6) is -1.08. The van der Waals surface area contributed by atoms with Gasteiger partial charge in [0.05, 0.1) is 6.20 Å². The summed E-state index contributed by atoms with van der Waals surface area (Å²) in [5.41, 5.74) is 0.560. The minimum atomic E-state index is -4.32. The summed E-state index contributed by atoms with van der Waals surface area (Å²) in [5, 5.41) is 12.6. The molecule has 1 rings (SSSR count).